The standard InChI is InChI=1S/C21H24ClN3O3/c1-12(2)20(27)28-11-13-8-15(21(3,4)5)19(26)18(9-13)25-23-16-7-6-14(22)10-17(16)24-25/h6-10,20,26-27H,1,11H2,2-5H3. The lowest BCUT2D eigenvalue weighted by molar-refractivity contribution is -0.0809. The fraction of sp³-hybridized carbons (Fsp3) is 0.333. The summed E-state index contributed by atoms with van der Waals surface area (Å²) in [4.78, 5) is 1.39. The molecule has 1 aromatic heterocycles. The van der Waals surface area contributed by atoms with Gasteiger partial charge in [0.1, 0.15) is 22.5 Å². The maximum Gasteiger partial charge on any atom is 0.176 e. The first-order valence-corrected chi connectivity index (χ1v) is 9.28. The molecule has 1 unspecified atom stereocenters. The summed E-state index contributed by atoms with van der Waals surface area (Å²) in [6.45, 7) is 11.5. The van der Waals surface area contributed by atoms with Crippen LogP contribution in [0.1, 0.15) is 38.8 Å². The summed E-state index contributed by atoms with van der Waals surface area (Å²) in [6.07, 6.45) is -1.05. The van der Waals surface area contributed by atoms with Gasteiger partial charge in [-0.25, -0.2) is 0 Å². The molecule has 6 nitrogen and oxygen atoms in total. The monoisotopic (exact) mass is 401 g/mol. The quantitative estimate of drug-likeness (QED) is 0.486. The Bertz CT molecular complexity index is 1040. The third-order valence-electron chi connectivity index (χ3n) is 4.34. The number of benzene rings is 2. The van der Waals surface area contributed by atoms with Crippen molar-refractivity contribution in [3.05, 3.63) is 58.6 Å². The van der Waals surface area contributed by atoms with E-state index in [1.165, 1.54) is 4.80 Å². The molecule has 2 N–H and O–H groups in total. The molecule has 0 fully saturated rings. The molecular weight excluding hydrogens is 378 g/mol. The van der Waals surface area contributed by atoms with E-state index in [1.54, 1.807) is 31.2 Å². The Kier molecular flexibility index (Phi) is 5.48. The van der Waals surface area contributed by atoms with Crippen LogP contribution in [-0.4, -0.2) is 31.5 Å². The molecular formula is C21H24ClN3O3. The fourth-order valence-corrected chi connectivity index (χ4v) is 2.96. The number of ether oxygens (including phenoxy) is 1. The molecule has 3 rings (SSSR count). The molecule has 7 heteroatoms. The van der Waals surface area contributed by atoms with Crippen molar-refractivity contribution in [1.29, 1.82) is 0 Å². The van der Waals surface area contributed by atoms with Gasteiger partial charge in [-0.1, -0.05) is 39.0 Å². The van der Waals surface area contributed by atoms with Gasteiger partial charge < -0.3 is 14.9 Å². The Morgan fingerprint density at radius 3 is 2.54 bits per heavy atom. The highest BCUT2D eigenvalue weighted by molar-refractivity contribution is 6.31. The molecule has 0 bridgehead atoms. The van der Waals surface area contributed by atoms with Crippen LogP contribution < -0.4 is 0 Å². The lowest BCUT2D eigenvalue weighted by Crippen LogP contribution is -2.16. The maximum absolute atomic E-state index is 10.9. The number of nitrogens with zero attached hydrogens (tertiary/aromatic N) is 3. The molecule has 0 saturated carbocycles. The molecule has 1 atom stereocenters. The van der Waals surface area contributed by atoms with Gasteiger partial charge in [-0.15, -0.1) is 15.0 Å². The Hall–Kier alpha value is -2.41. The van der Waals surface area contributed by atoms with Crippen LogP contribution >= 0.6 is 11.6 Å². The van der Waals surface area contributed by atoms with Crippen LogP contribution in [0.3, 0.4) is 0 Å². The number of aromatic hydroxyl groups is 1. The summed E-state index contributed by atoms with van der Waals surface area (Å²) in [5.41, 5.74) is 3.43. The van der Waals surface area contributed by atoms with Gasteiger partial charge in [-0.3, -0.25) is 0 Å². The van der Waals surface area contributed by atoms with Gasteiger partial charge in [0.15, 0.2) is 6.29 Å². The van der Waals surface area contributed by atoms with E-state index in [4.69, 9.17) is 16.3 Å². The van der Waals surface area contributed by atoms with Crippen molar-refractivity contribution in [2.45, 2.75) is 46.0 Å². The molecule has 0 saturated heterocycles. The number of phenols is 1. The number of aromatic nitrogens is 3. The van der Waals surface area contributed by atoms with E-state index in [-0.39, 0.29) is 17.8 Å². The van der Waals surface area contributed by atoms with Crippen molar-refractivity contribution in [1.82, 2.24) is 15.0 Å². The fourth-order valence-electron chi connectivity index (χ4n) is 2.80. The van der Waals surface area contributed by atoms with Crippen LogP contribution in [0.5, 0.6) is 5.75 Å². The van der Waals surface area contributed by atoms with E-state index in [9.17, 15) is 10.2 Å². The number of hydrogen-bond donors (Lipinski definition) is 2. The van der Waals surface area contributed by atoms with Crippen molar-refractivity contribution in [2.24, 2.45) is 0 Å². The number of aliphatic hydroxyl groups is 1. The van der Waals surface area contributed by atoms with Crippen LogP contribution in [0.15, 0.2) is 42.5 Å². The molecule has 1 heterocycles. The second kappa shape index (κ2) is 7.54. The largest absolute Gasteiger partial charge is 0.505 e. The molecule has 0 aliphatic carbocycles. The SMILES string of the molecule is C=C(C)C(O)OCc1cc(-n2nc3ccc(Cl)cc3n2)c(O)c(C(C)(C)C)c1. The average molecular weight is 402 g/mol. The summed E-state index contributed by atoms with van der Waals surface area (Å²) < 4.78 is 5.47. The van der Waals surface area contributed by atoms with E-state index in [2.05, 4.69) is 16.8 Å². The minimum absolute atomic E-state index is 0.100. The first kappa shape index (κ1) is 20.3. The lowest BCUT2D eigenvalue weighted by Gasteiger charge is -2.23. The van der Waals surface area contributed by atoms with Crippen LogP contribution in [0, 0.1) is 0 Å². The topological polar surface area (TPSA) is 80.4 Å². The number of rotatable bonds is 5. The first-order chi connectivity index (χ1) is 13.1. The summed E-state index contributed by atoms with van der Waals surface area (Å²) in [7, 11) is 0. The number of fused-ring (bicyclic) bond motifs is 1. The van der Waals surface area contributed by atoms with E-state index in [0.717, 1.165) is 11.1 Å². The summed E-state index contributed by atoms with van der Waals surface area (Å²) in [5, 5.41) is 30.3. The van der Waals surface area contributed by atoms with Gasteiger partial charge in [0.2, 0.25) is 0 Å². The zero-order chi connectivity index (χ0) is 20.6. The van der Waals surface area contributed by atoms with Crippen molar-refractivity contribution in [3.8, 4) is 11.4 Å². The molecule has 3 aromatic rings. The number of phenolic OH excluding ortho intramolecular Hbond substituents is 1. The Labute approximate surface area is 169 Å². The number of aliphatic hydroxyl groups excluding tert-OH is 1. The van der Waals surface area contributed by atoms with Gasteiger partial charge >= 0.3 is 0 Å². The number of halogens is 1. The van der Waals surface area contributed by atoms with Crippen molar-refractivity contribution >= 4 is 22.6 Å². The summed E-state index contributed by atoms with van der Waals surface area (Å²) in [5.74, 6) is 0.100. The summed E-state index contributed by atoms with van der Waals surface area (Å²) in [6, 6.07) is 8.85. The van der Waals surface area contributed by atoms with E-state index >= 15 is 0 Å². The van der Waals surface area contributed by atoms with E-state index in [0.29, 0.717) is 27.3 Å². The highest BCUT2D eigenvalue weighted by atomic mass is 35.5. The molecule has 28 heavy (non-hydrogen) atoms. The van der Waals surface area contributed by atoms with Gasteiger partial charge in [0.25, 0.3) is 0 Å². The zero-order valence-corrected chi connectivity index (χ0v) is 17.2. The molecule has 0 aliphatic heterocycles. The van der Waals surface area contributed by atoms with Gasteiger partial charge in [0.05, 0.1) is 6.61 Å². The lowest BCUT2D eigenvalue weighted by atomic mass is 9.85. The Morgan fingerprint density at radius 1 is 1.21 bits per heavy atom. The third-order valence-corrected chi connectivity index (χ3v) is 4.58. The number of hydrogen-bond acceptors (Lipinski definition) is 5. The Morgan fingerprint density at radius 2 is 1.89 bits per heavy atom. The molecule has 2 aromatic carbocycles. The molecule has 148 valence electrons. The smallest absolute Gasteiger partial charge is 0.176 e. The predicted molar refractivity (Wildman–Crippen MR) is 110 cm³/mol. The first-order valence-electron chi connectivity index (χ1n) is 8.90. The molecule has 0 amide bonds. The van der Waals surface area contributed by atoms with E-state index < -0.39 is 6.29 Å². The van der Waals surface area contributed by atoms with Crippen molar-refractivity contribution in [3.63, 3.8) is 0 Å². The van der Waals surface area contributed by atoms with E-state index in [1.807, 2.05) is 26.8 Å². The average Bonchev–Trinajstić information content (AvgIpc) is 3.02. The van der Waals surface area contributed by atoms with Crippen molar-refractivity contribution < 1.29 is 14.9 Å². The van der Waals surface area contributed by atoms with Crippen LogP contribution in [-0.2, 0) is 16.8 Å². The minimum Gasteiger partial charge on any atom is -0.505 e. The third kappa shape index (κ3) is 4.19. The van der Waals surface area contributed by atoms with Crippen LogP contribution in [0.25, 0.3) is 16.7 Å². The van der Waals surface area contributed by atoms with Crippen LogP contribution in [0.4, 0.5) is 0 Å². The second-order valence-corrected chi connectivity index (χ2v) is 8.33. The van der Waals surface area contributed by atoms with Crippen LogP contribution in [0.2, 0.25) is 5.02 Å². The highest BCUT2D eigenvalue weighted by Crippen LogP contribution is 2.36. The van der Waals surface area contributed by atoms with Gasteiger partial charge in [-0.05, 0) is 53.8 Å². The summed E-state index contributed by atoms with van der Waals surface area (Å²) >= 11 is 6.04. The molecule has 0 aliphatic rings. The maximum atomic E-state index is 10.9. The normalized spacial score (nSPS) is 13.1. The second-order valence-electron chi connectivity index (χ2n) is 7.89. The molecule has 0 radical (unpaired) electrons. The Balaban J connectivity index is 2.09. The van der Waals surface area contributed by atoms with Gasteiger partial charge in [0, 0.05) is 10.6 Å². The minimum atomic E-state index is -1.05. The van der Waals surface area contributed by atoms with Gasteiger partial charge in [-0.2, -0.15) is 0 Å². The highest BCUT2D eigenvalue weighted by Gasteiger charge is 2.23. The zero-order valence-electron chi connectivity index (χ0n) is 16.4. The predicted octanol–water partition coefficient (Wildman–Crippen LogP) is 4.49. The molecule has 0 spiro atoms. The van der Waals surface area contributed by atoms with Crippen molar-refractivity contribution in [2.75, 3.05) is 0 Å².